The second-order valence-electron chi connectivity index (χ2n) is 12.4. The second-order valence-corrected chi connectivity index (χ2v) is 13.2. The number of allylic oxidation sites excluding steroid dienone is 1. The first kappa shape index (κ1) is 30.8. The highest BCUT2D eigenvalue weighted by Crippen LogP contribution is 2.45. The summed E-state index contributed by atoms with van der Waals surface area (Å²) >= 11 is 1.51. The number of fused-ring (bicyclic) bond motifs is 3. The van der Waals surface area contributed by atoms with Crippen LogP contribution >= 0.6 is 11.3 Å². The van der Waals surface area contributed by atoms with Crippen LogP contribution in [0.5, 0.6) is 11.5 Å². The molecule has 1 saturated carbocycles. The molecule has 45 heavy (non-hydrogen) atoms. The lowest BCUT2D eigenvalue weighted by Gasteiger charge is -2.25. The zero-order valence-corrected chi connectivity index (χ0v) is 26.6. The third-order valence-electron chi connectivity index (χ3n) is 8.87. The number of benzene rings is 1. The van der Waals surface area contributed by atoms with E-state index < -0.39 is 29.6 Å². The van der Waals surface area contributed by atoms with Crippen molar-refractivity contribution in [1.82, 2.24) is 25.5 Å². The van der Waals surface area contributed by atoms with Gasteiger partial charge in [0.1, 0.15) is 39.9 Å². The number of aromatic nitrogens is 2. The van der Waals surface area contributed by atoms with Crippen molar-refractivity contribution in [2.75, 3.05) is 20.2 Å². The number of carbonyl (C=O) groups is 3. The van der Waals surface area contributed by atoms with Crippen molar-refractivity contribution in [3.05, 3.63) is 47.5 Å². The Kier molecular flexibility index (Phi) is 8.67. The van der Waals surface area contributed by atoms with E-state index in [0.717, 1.165) is 41.8 Å². The van der Waals surface area contributed by atoms with E-state index in [1.165, 1.54) is 16.2 Å². The number of aliphatic carboxylic acids is 1. The molecular formula is C33H39N5O6S. The number of pyridine rings is 1. The second kappa shape index (κ2) is 12.7. The van der Waals surface area contributed by atoms with Crippen molar-refractivity contribution in [2.24, 2.45) is 5.92 Å². The normalized spacial score (nSPS) is 26.2. The molecule has 3 amide bonds. The summed E-state index contributed by atoms with van der Waals surface area (Å²) in [5, 5.41) is 19.4. The number of methoxy groups -OCH3 is 1. The Bertz CT molecular complexity index is 1640. The summed E-state index contributed by atoms with van der Waals surface area (Å²) in [7, 11) is 1.60. The summed E-state index contributed by atoms with van der Waals surface area (Å²) in [5.41, 5.74) is 0.951. The van der Waals surface area contributed by atoms with E-state index in [0.29, 0.717) is 35.7 Å². The molecule has 1 aliphatic carbocycles. The highest BCUT2D eigenvalue weighted by molar-refractivity contribution is 7.13. The van der Waals surface area contributed by atoms with Gasteiger partial charge in [-0.1, -0.05) is 32.4 Å². The number of carboxylic acids is 1. The Morgan fingerprint density at radius 3 is 2.78 bits per heavy atom. The van der Waals surface area contributed by atoms with Crippen LogP contribution in [0.1, 0.15) is 64.0 Å². The number of thiazole rings is 1. The van der Waals surface area contributed by atoms with Gasteiger partial charge in [0, 0.05) is 41.8 Å². The van der Waals surface area contributed by atoms with Crippen LogP contribution in [0.25, 0.3) is 21.6 Å². The first-order valence-electron chi connectivity index (χ1n) is 15.6. The molecule has 4 atom stereocenters. The predicted octanol–water partition coefficient (Wildman–Crippen LogP) is 5.11. The maximum atomic E-state index is 13.7. The molecule has 1 saturated heterocycles. The van der Waals surface area contributed by atoms with Crippen molar-refractivity contribution in [3.63, 3.8) is 0 Å². The van der Waals surface area contributed by atoms with E-state index in [1.54, 1.807) is 7.11 Å². The number of ether oxygens (including phenoxy) is 2. The lowest BCUT2D eigenvalue weighted by atomic mass is 10.1. The lowest BCUT2D eigenvalue weighted by Crippen LogP contribution is -2.54. The molecule has 2 fully saturated rings. The van der Waals surface area contributed by atoms with Gasteiger partial charge in [0.25, 0.3) is 0 Å². The molecule has 2 aromatic heterocycles. The van der Waals surface area contributed by atoms with Crippen LogP contribution in [0.15, 0.2) is 41.8 Å². The third-order valence-corrected chi connectivity index (χ3v) is 9.75. The number of urea groups is 1. The topological polar surface area (TPSA) is 143 Å². The number of hydrogen-bond donors (Lipinski definition) is 3. The molecule has 4 heterocycles. The van der Waals surface area contributed by atoms with E-state index in [4.69, 9.17) is 19.4 Å². The number of carboxylic acid groups (broad SMARTS) is 1. The number of nitrogens with one attached hydrogen (secondary N) is 2. The van der Waals surface area contributed by atoms with E-state index >= 15 is 0 Å². The van der Waals surface area contributed by atoms with Crippen LogP contribution in [0, 0.1) is 5.92 Å². The Morgan fingerprint density at radius 2 is 2.02 bits per heavy atom. The minimum Gasteiger partial charge on any atom is -0.497 e. The summed E-state index contributed by atoms with van der Waals surface area (Å²) in [5.74, 6) is -0.345. The summed E-state index contributed by atoms with van der Waals surface area (Å²) in [6.45, 7) is 4.84. The molecule has 3 N–H and O–H groups in total. The molecule has 6 rings (SSSR count). The summed E-state index contributed by atoms with van der Waals surface area (Å²) in [4.78, 5) is 50.5. The smallest absolute Gasteiger partial charge is 0.330 e. The third kappa shape index (κ3) is 6.33. The van der Waals surface area contributed by atoms with E-state index in [-0.39, 0.29) is 30.8 Å². The van der Waals surface area contributed by atoms with Gasteiger partial charge in [-0.05, 0) is 43.7 Å². The zero-order chi connectivity index (χ0) is 31.7. The molecule has 1 aromatic carbocycles. The molecular weight excluding hydrogens is 594 g/mol. The van der Waals surface area contributed by atoms with Crippen molar-refractivity contribution >= 4 is 40.1 Å². The summed E-state index contributed by atoms with van der Waals surface area (Å²) in [6, 6.07) is 6.17. The number of nitrogens with zero attached hydrogens (tertiary/aromatic N) is 3. The van der Waals surface area contributed by atoms with Crippen LogP contribution in [0.2, 0.25) is 0 Å². The fourth-order valence-electron chi connectivity index (χ4n) is 6.10. The van der Waals surface area contributed by atoms with Crippen molar-refractivity contribution in [3.8, 4) is 22.2 Å². The van der Waals surface area contributed by atoms with E-state index in [1.807, 2.05) is 41.8 Å². The van der Waals surface area contributed by atoms with Gasteiger partial charge < -0.3 is 30.1 Å². The van der Waals surface area contributed by atoms with Crippen LogP contribution < -0.4 is 20.1 Å². The minimum absolute atomic E-state index is 0.164. The SMILES string of the molecule is COc1ccc2c(O[C@@H]3C[C@H]4C(=O)N[C@]5(C(=O)O)C[C@H]5/C=C\CCCCCNC(=O)N4C3)cc(-c3nc(C(C)C)cs3)nc2c1. The average Bonchev–Trinajstić information content (AvgIpc) is 3.33. The molecule has 2 aliphatic heterocycles. The predicted molar refractivity (Wildman–Crippen MR) is 171 cm³/mol. The van der Waals surface area contributed by atoms with Crippen LogP contribution in [0.4, 0.5) is 4.79 Å². The van der Waals surface area contributed by atoms with Crippen LogP contribution in [-0.4, -0.2) is 75.8 Å². The quantitative estimate of drug-likeness (QED) is 0.318. The average molecular weight is 634 g/mol. The Morgan fingerprint density at radius 1 is 1.18 bits per heavy atom. The summed E-state index contributed by atoms with van der Waals surface area (Å²) < 4.78 is 12.0. The fourth-order valence-corrected chi connectivity index (χ4v) is 7.04. The maximum absolute atomic E-state index is 13.7. The molecule has 3 aromatic rings. The first-order valence-corrected chi connectivity index (χ1v) is 16.4. The molecule has 0 radical (unpaired) electrons. The first-order chi connectivity index (χ1) is 21.7. The molecule has 12 heteroatoms. The molecule has 0 bridgehead atoms. The lowest BCUT2D eigenvalue weighted by molar-refractivity contribution is -0.144. The van der Waals surface area contributed by atoms with Crippen molar-refractivity contribution < 1.29 is 29.0 Å². The van der Waals surface area contributed by atoms with E-state index in [9.17, 15) is 19.5 Å². The molecule has 0 spiro atoms. The highest BCUT2D eigenvalue weighted by Gasteiger charge is 2.61. The van der Waals surface area contributed by atoms with Crippen molar-refractivity contribution in [1.29, 1.82) is 0 Å². The summed E-state index contributed by atoms with van der Waals surface area (Å²) in [6.07, 6.45) is 7.45. The van der Waals surface area contributed by atoms with Gasteiger partial charge in [-0.25, -0.2) is 19.6 Å². The maximum Gasteiger partial charge on any atom is 0.330 e. The Hall–Kier alpha value is -4.19. The molecule has 3 aliphatic rings. The number of carbonyl (C=O) groups excluding carboxylic acids is 2. The van der Waals surface area contributed by atoms with Gasteiger partial charge in [0.2, 0.25) is 5.91 Å². The zero-order valence-electron chi connectivity index (χ0n) is 25.7. The molecule has 238 valence electrons. The largest absolute Gasteiger partial charge is 0.497 e. The van der Waals surface area contributed by atoms with Gasteiger partial charge in [0.05, 0.1) is 24.9 Å². The van der Waals surface area contributed by atoms with Gasteiger partial charge in [-0.2, -0.15) is 0 Å². The van der Waals surface area contributed by atoms with Gasteiger partial charge >= 0.3 is 12.0 Å². The van der Waals surface area contributed by atoms with Crippen LogP contribution in [-0.2, 0) is 9.59 Å². The van der Waals surface area contributed by atoms with Gasteiger partial charge in [-0.15, -0.1) is 11.3 Å². The Labute approximate surface area is 266 Å². The van der Waals surface area contributed by atoms with Gasteiger partial charge in [0.15, 0.2) is 0 Å². The number of hydrogen-bond acceptors (Lipinski definition) is 8. The van der Waals surface area contributed by atoms with Crippen molar-refractivity contribution in [2.45, 2.75) is 76.0 Å². The van der Waals surface area contributed by atoms with E-state index in [2.05, 4.69) is 24.5 Å². The van der Waals surface area contributed by atoms with Gasteiger partial charge in [-0.3, -0.25) is 4.79 Å². The standard InChI is InChI=1S/C33H39N5O6S/c1-19(2)26-18-45-30(36-26)25-15-28(23-11-10-21(43-3)13-24(23)35-25)44-22-14-27-29(39)37-33(31(40)41)16-20(33)9-7-5-4-6-8-12-34-32(42)38(27)17-22/h7,9-11,13,15,18-20,22,27H,4-6,8,12,14,16-17H2,1-3H3,(H,34,42)(H,37,39)(H,40,41)/b9-7-/t20-,22-,27+,33-/m1/s1. The number of amides is 3. The Balaban J connectivity index is 1.30. The molecule has 0 unspecified atom stereocenters. The number of rotatable bonds is 6. The van der Waals surface area contributed by atoms with Crippen LogP contribution in [0.3, 0.4) is 0 Å². The minimum atomic E-state index is -1.35. The monoisotopic (exact) mass is 633 g/mol. The molecule has 11 nitrogen and oxygen atoms in total. The fraction of sp³-hybridized carbons (Fsp3) is 0.485. The highest BCUT2D eigenvalue weighted by atomic mass is 32.1.